The average Bonchev–Trinajstić information content (AvgIpc) is 2.83. The van der Waals surface area contributed by atoms with Crippen molar-refractivity contribution >= 4 is 5.65 Å². The summed E-state index contributed by atoms with van der Waals surface area (Å²) >= 11 is 0. The fourth-order valence-corrected chi connectivity index (χ4v) is 3.16. The number of hydrogen-bond acceptors (Lipinski definition) is 3. The number of fused-ring (bicyclic) bond motifs is 1. The molecule has 1 atom stereocenters. The summed E-state index contributed by atoms with van der Waals surface area (Å²) < 4.78 is 2.12. The monoisotopic (exact) mass is 258 g/mol. The minimum absolute atomic E-state index is 0.612. The maximum absolute atomic E-state index is 4.37. The van der Waals surface area contributed by atoms with Crippen LogP contribution in [0.15, 0.2) is 24.4 Å². The average molecular weight is 258 g/mol. The SMILES string of the molecule is CC(C)N1CCCCC1Cc1nnc2ccccn12. The molecule has 4 heteroatoms. The van der Waals surface area contributed by atoms with E-state index in [4.69, 9.17) is 0 Å². The highest BCUT2D eigenvalue weighted by Gasteiger charge is 2.25. The molecule has 102 valence electrons. The molecule has 3 heterocycles. The van der Waals surface area contributed by atoms with E-state index in [1.165, 1.54) is 25.8 Å². The molecule has 0 amide bonds. The van der Waals surface area contributed by atoms with Gasteiger partial charge in [-0.15, -0.1) is 10.2 Å². The maximum Gasteiger partial charge on any atom is 0.160 e. The van der Waals surface area contributed by atoms with Crippen LogP contribution in [-0.2, 0) is 6.42 Å². The Labute approximate surface area is 114 Å². The fraction of sp³-hybridized carbons (Fsp3) is 0.600. The highest BCUT2D eigenvalue weighted by atomic mass is 15.3. The number of rotatable bonds is 3. The van der Waals surface area contributed by atoms with Crippen LogP contribution in [0.1, 0.15) is 38.9 Å². The molecule has 1 fully saturated rings. The first-order valence-electron chi connectivity index (χ1n) is 7.30. The Morgan fingerprint density at radius 1 is 1.26 bits per heavy atom. The first kappa shape index (κ1) is 12.6. The number of nitrogens with zero attached hydrogens (tertiary/aromatic N) is 4. The molecule has 3 rings (SSSR count). The van der Waals surface area contributed by atoms with Crippen LogP contribution in [0, 0.1) is 0 Å². The van der Waals surface area contributed by atoms with Crippen LogP contribution < -0.4 is 0 Å². The quantitative estimate of drug-likeness (QED) is 0.848. The first-order chi connectivity index (χ1) is 9.25. The van der Waals surface area contributed by atoms with Crippen LogP contribution >= 0.6 is 0 Å². The zero-order chi connectivity index (χ0) is 13.2. The van der Waals surface area contributed by atoms with E-state index < -0.39 is 0 Å². The second-order valence-corrected chi connectivity index (χ2v) is 5.73. The van der Waals surface area contributed by atoms with Crippen molar-refractivity contribution in [1.82, 2.24) is 19.5 Å². The molecular formula is C15H22N4. The van der Waals surface area contributed by atoms with Gasteiger partial charge in [-0.25, -0.2) is 0 Å². The molecule has 0 bridgehead atoms. The van der Waals surface area contributed by atoms with Crippen molar-refractivity contribution in [2.45, 2.75) is 51.6 Å². The summed E-state index contributed by atoms with van der Waals surface area (Å²) in [5.74, 6) is 1.09. The number of piperidine rings is 1. The lowest BCUT2D eigenvalue weighted by molar-refractivity contribution is 0.110. The lowest BCUT2D eigenvalue weighted by atomic mass is 9.97. The topological polar surface area (TPSA) is 33.4 Å². The van der Waals surface area contributed by atoms with Gasteiger partial charge in [0, 0.05) is 24.7 Å². The molecule has 1 aliphatic heterocycles. The minimum Gasteiger partial charge on any atom is -0.298 e. The van der Waals surface area contributed by atoms with E-state index >= 15 is 0 Å². The molecule has 0 saturated carbocycles. The lowest BCUT2D eigenvalue weighted by Gasteiger charge is -2.38. The summed E-state index contributed by atoms with van der Waals surface area (Å²) in [5.41, 5.74) is 0.949. The van der Waals surface area contributed by atoms with E-state index in [2.05, 4.69) is 39.5 Å². The number of pyridine rings is 1. The number of likely N-dealkylation sites (tertiary alicyclic amines) is 1. The zero-order valence-corrected chi connectivity index (χ0v) is 11.8. The summed E-state index contributed by atoms with van der Waals surface area (Å²) in [5, 5.41) is 8.62. The first-order valence-corrected chi connectivity index (χ1v) is 7.30. The number of hydrogen-bond donors (Lipinski definition) is 0. The van der Waals surface area contributed by atoms with E-state index in [1.807, 2.05) is 18.2 Å². The molecule has 0 N–H and O–H groups in total. The van der Waals surface area contributed by atoms with E-state index in [1.54, 1.807) is 0 Å². The summed E-state index contributed by atoms with van der Waals surface area (Å²) in [4.78, 5) is 2.62. The van der Waals surface area contributed by atoms with Gasteiger partial charge in [-0.3, -0.25) is 9.30 Å². The molecule has 0 spiro atoms. The Morgan fingerprint density at radius 3 is 3.00 bits per heavy atom. The van der Waals surface area contributed by atoms with Crippen LogP contribution in [0.2, 0.25) is 0 Å². The highest BCUT2D eigenvalue weighted by Crippen LogP contribution is 2.22. The van der Waals surface area contributed by atoms with Crippen LogP contribution in [-0.4, -0.2) is 38.1 Å². The maximum atomic E-state index is 4.37. The van der Waals surface area contributed by atoms with E-state index in [0.717, 1.165) is 17.9 Å². The molecule has 2 aromatic heterocycles. The Morgan fingerprint density at radius 2 is 2.16 bits per heavy atom. The minimum atomic E-state index is 0.612. The molecule has 19 heavy (non-hydrogen) atoms. The van der Waals surface area contributed by atoms with Crippen molar-refractivity contribution in [1.29, 1.82) is 0 Å². The van der Waals surface area contributed by atoms with Crippen molar-refractivity contribution in [2.75, 3.05) is 6.54 Å². The second kappa shape index (κ2) is 5.29. The lowest BCUT2D eigenvalue weighted by Crippen LogP contribution is -2.45. The highest BCUT2D eigenvalue weighted by molar-refractivity contribution is 5.37. The van der Waals surface area contributed by atoms with Gasteiger partial charge in [0.1, 0.15) is 5.82 Å². The van der Waals surface area contributed by atoms with Crippen molar-refractivity contribution in [3.8, 4) is 0 Å². The van der Waals surface area contributed by atoms with Gasteiger partial charge in [0.05, 0.1) is 0 Å². The molecule has 0 aromatic carbocycles. The molecule has 0 radical (unpaired) electrons. The summed E-state index contributed by atoms with van der Waals surface area (Å²) in [6.07, 6.45) is 7.01. The largest absolute Gasteiger partial charge is 0.298 e. The molecule has 4 nitrogen and oxygen atoms in total. The van der Waals surface area contributed by atoms with Gasteiger partial charge in [-0.05, 0) is 45.4 Å². The predicted octanol–water partition coefficient (Wildman–Crippen LogP) is 2.53. The van der Waals surface area contributed by atoms with Gasteiger partial charge >= 0.3 is 0 Å². The summed E-state index contributed by atoms with van der Waals surface area (Å²) in [6, 6.07) is 7.29. The Bertz CT molecular complexity index is 546. The van der Waals surface area contributed by atoms with Gasteiger partial charge in [0.2, 0.25) is 0 Å². The van der Waals surface area contributed by atoms with Crippen molar-refractivity contribution in [2.24, 2.45) is 0 Å². The van der Waals surface area contributed by atoms with Crippen LogP contribution in [0.3, 0.4) is 0 Å². The van der Waals surface area contributed by atoms with Gasteiger partial charge in [-0.2, -0.15) is 0 Å². The number of aromatic nitrogens is 3. The molecule has 2 aromatic rings. The van der Waals surface area contributed by atoms with Crippen molar-refractivity contribution < 1.29 is 0 Å². The Balaban J connectivity index is 1.83. The van der Waals surface area contributed by atoms with Gasteiger partial charge in [-0.1, -0.05) is 12.5 Å². The standard InChI is InChI=1S/C15H22N4/c1-12(2)18-9-5-3-7-13(18)11-15-17-16-14-8-4-6-10-19(14)15/h4,6,8,10,12-13H,3,5,7,9,11H2,1-2H3. The molecule has 1 unspecified atom stereocenters. The van der Waals surface area contributed by atoms with E-state index in [-0.39, 0.29) is 0 Å². The van der Waals surface area contributed by atoms with Crippen LogP contribution in [0.4, 0.5) is 0 Å². The smallest absolute Gasteiger partial charge is 0.160 e. The van der Waals surface area contributed by atoms with Gasteiger partial charge in [0.25, 0.3) is 0 Å². The Kier molecular flexibility index (Phi) is 3.51. The third kappa shape index (κ3) is 2.50. The molecule has 0 aliphatic carbocycles. The summed E-state index contributed by atoms with van der Waals surface area (Å²) in [6.45, 7) is 5.81. The molecular weight excluding hydrogens is 236 g/mol. The summed E-state index contributed by atoms with van der Waals surface area (Å²) in [7, 11) is 0. The van der Waals surface area contributed by atoms with Gasteiger partial charge in [0.15, 0.2) is 5.65 Å². The Hall–Kier alpha value is -1.42. The third-order valence-electron chi connectivity index (χ3n) is 4.14. The van der Waals surface area contributed by atoms with E-state index in [9.17, 15) is 0 Å². The predicted molar refractivity (Wildman–Crippen MR) is 76.2 cm³/mol. The van der Waals surface area contributed by atoms with Crippen molar-refractivity contribution in [3.05, 3.63) is 30.2 Å². The van der Waals surface area contributed by atoms with E-state index in [0.29, 0.717) is 12.1 Å². The third-order valence-corrected chi connectivity index (χ3v) is 4.14. The molecule has 1 aliphatic rings. The van der Waals surface area contributed by atoms with Gasteiger partial charge < -0.3 is 0 Å². The normalized spacial score (nSPS) is 21.3. The second-order valence-electron chi connectivity index (χ2n) is 5.73. The zero-order valence-electron chi connectivity index (χ0n) is 11.8. The van der Waals surface area contributed by atoms with Crippen molar-refractivity contribution in [3.63, 3.8) is 0 Å². The molecule has 1 saturated heterocycles. The van der Waals surface area contributed by atoms with Crippen LogP contribution in [0.25, 0.3) is 5.65 Å². The fourth-order valence-electron chi connectivity index (χ4n) is 3.16. The van der Waals surface area contributed by atoms with Crippen LogP contribution in [0.5, 0.6) is 0 Å².